The Morgan fingerprint density at radius 1 is 1.00 bits per heavy atom. The van der Waals surface area contributed by atoms with Crippen LogP contribution >= 0.6 is 0 Å². The van der Waals surface area contributed by atoms with Gasteiger partial charge in [0.15, 0.2) is 0 Å². The van der Waals surface area contributed by atoms with E-state index in [-0.39, 0.29) is 5.41 Å². The Kier molecular flexibility index (Phi) is 3.67. The molecule has 0 saturated carbocycles. The summed E-state index contributed by atoms with van der Waals surface area (Å²) >= 11 is 0. The first-order valence-electron chi connectivity index (χ1n) is 6.57. The second kappa shape index (κ2) is 5.10. The fraction of sp³-hybridized carbons (Fsp3) is 0.375. The lowest BCUT2D eigenvalue weighted by atomic mass is 9.83. The smallest absolute Gasteiger partial charge is 0.138 e. The van der Waals surface area contributed by atoms with Crippen molar-refractivity contribution in [3.8, 4) is 0 Å². The van der Waals surface area contributed by atoms with E-state index in [9.17, 15) is 0 Å². The minimum Gasteiger partial charge on any atom is -0.326 e. The summed E-state index contributed by atoms with van der Waals surface area (Å²) in [5.74, 6) is 0.853. The summed E-state index contributed by atoms with van der Waals surface area (Å²) in [5, 5.41) is 0. The molecule has 3 nitrogen and oxygen atoms in total. The topological polar surface area (TPSA) is 51.8 Å². The minimum atomic E-state index is -0.204. The summed E-state index contributed by atoms with van der Waals surface area (Å²) in [6.07, 6.45) is 0. The Hall–Kier alpha value is -1.74. The van der Waals surface area contributed by atoms with Crippen molar-refractivity contribution in [2.45, 2.75) is 39.7 Å². The average molecular weight is 255 g/mol. The Bertz CT molecular complexity index is 551. The van der Waals surface area contributed by atoms with Gasteiger partial charge >= 0.3 is 0 Å². The quantitative estimate of drug-likeness (QED) is 0.917. The normalized spacial score (nSPS) is 11.6. The molecule has 2 N–H and O–H groups in total. The maximum absolute atomic E-state index is 5.74. The molecule has 0 bridgehead atoms. The van der Waals surface area contributed by atoms with Crippen molar-refractivity contribution >= 4 is 0 Å². The number of nitrogens with zero attached hydrogens (tertiary/aromatic N) is 2. The Balaban J connectivity index is 2.53. The molecule has 0 spiro atoms. The van der Waals surface area contributed by atoms with Crippen molar-refractivity contribution in [1.82, 2.24) is 9.97 Å². The molecular formula is C16H21N3. The van der Waals surface area contributed by atoms with Crippen molar-refractivity contribution in [3.63, 3.8) is 0 Å². The van der Waals surface area contributed by atoms with Gasteiger partial charge in [0.05, 0.1) is 0 Å². The maximum atomic E-state index is 5.74. The number of hydrogen-bond donors (Lipinski definition) is 1. The second-order valence-corrected chi connectivity index (χ2v) is 5.39. The highest BCUT2D eigenvalue weighted by atomic mass is 14.9. The molecule has 2 aromatic rings. The van der Waals surface area contributed by atoms with Crippen molar-refractivity contribution < 1.29 is 0 Å². The molecule has 19 heavy (non-hydrogen) atoms. The number of aryl methyl sites for hydroxylation is 2. The third-order valence-electron chi connectivity index (χ3n) is 3.68. The zero-order chi connectivity index (χ0) is 14.0. The summed E-state index contributed by atoms with van der Waals surface area (Å²) in [7, 11) is 0. The molecule has 0 amide bonds. The average Bonchev–Trinajstić information content (AvgIpc) is 2.39. The van der Waals surface area contributed by atoms with Crippen molar-refractivity contribution in [2.24, 2.45) is 5.73 Å². The molecule has 100 valence electrons. The molecule has 0 atom stereocenters. The zero-order valence-corrected chi connectivity index (χ0v) is 12.1. The lowest BCUT2D eigenvalue weighted by Gasteiger charge is -2.25. The highest BCUT2D eigenvalue weighted by Gasteiger charge is 2.27. The molecule has 0 fully saturated rings. The maximum Gasteiger partial charge on any atom is 0.138 e. The predicted octanol–water partition coefficient (Wildman–Crippen LogP) is 2.88. The van der Waals surface area contributed by atoms with Gasteiger partial charge in [-0.05, 0) is 33.3 Å². The Morgan fingerprint density at radius 2 is 1.53 bits per heavy atom. The molecular weight excluding hydrogens is 234 g/mol. The third-order valence-corrected chi connectivity index (χ3v) is 3.68. The number of benzene rings is 1. The van der Waals surface area contributed by atoms with Crippen LogP contribution in [0.1, 0.15) is 42.2 Å². The van der Waals surface area contributed by atoms with Crippen LogP contribution < -0.4 is 5.73 Å². The van der Waals surface area contributed by atoms with E-state index >= 15 is 0 Å². The van der Waals surface area contributed by atoms with Crippen LogP contribution in [0.2, 0.25) is 0 Å². The van der Waals surface area contributed by atoms with E-state index in [1.807, 2.05) is 32.0 Å². The third kappa shape index (κ3) is 2.51. The molecule has 1 aromatic carbocycles. The van der Waals surface area contributed by atoms with Crippen molar-refractivity contribution in [1.29, 1.82) is 0 Å². The lowest BCUT2D eigenvalue weighted by Crippen LogP contribution is -2.24. The standard InChI is InChI=1S/C16H21N3/c1-11-14(10-17)12(2)19-15(18-11)16(3,4)13-8-6-5-7-9-13/h5-9H,10,17H2,1-4H3. The SMILES string of the molecule is Cc1nc(C(C)(C)c2ccccc2)nc(C)c1CN. The molecule has 1 heterocycles. The van der Waals surface area contributed by atoms with Gasteiger partial charge in [0, 0.05) is 28.9 Å². The minimum absolute atomic E-state index is 0.204. The first kappa shape index (κ1) is 13.7. The Labute approximate surface area is 114 Å². The van der Waals surface area contributed by atoms with E-state index in [2.05, 4.69) is 35.9 Å². The summed E-state index contributed by atoms with van der Waals surface area (Å²) in [6.45, 7) is 8.80. The molecule has 2 rings (SSSR count). The van der Waals surface area contributed by atoms with Gasteiger partial charge in [-0.2, -0.15) is 0 Å². The van der Waals surface area contributed by atoms with Gasteiger partial charge in [0.1, 0.15) is 5.82 Å². The van der Waals surface area contributed by atoms with Gasteiger partial charge in [0.2, 0.25) is 0 Å². The lowest BCUT2D eigenvalue weighted by molar-refractivity contribution is 0.581. The summed E-state index contributed by atoms with van der Waals surface area (Å²) in [6, 6.07) is 10.3. The molecule has 0 aliphatic heterocycles. The van der Waals surface area contributed by atoms with E-state index in [1.165, 1.54) is 5.56 Å². The van der Waals surface area contributed by atoms with Crippen LogP contribution in [0.3, 0.4) is 0 Å². The highest BCUT2D eigenvalue weighted by Crippen LogP contribution is 2.29. The van der Waals surface area contributed by atoms with Crippen LogP contribution in [0.25, 0.3) is 0 Å². The van der Waals surface area contributed by atoms with Crippen LogP contribution in [0.5, 0.6) is 0 Å². The number of hydrogen-bond acceptors (Lipinski definition) is 3. The van der Waals surface area contributed by atoms with Crippen LogP contribution in [0.15, 0.2) is 30.3 Å². The fourth-order valence-corrected chi connectivity index (χ4v) is 2.30. The molecule has 0 aliphatic rings. The zero-order valence-electron chi connectivity index (χ0n) is 12.1. The van der Waals surface area contributed by atoms with Gasteiger partial charge < -0.3 is 5.73 Å². The van der Waals surface area contributed by atoms with Crippen LogP contribution in [-0.4, -0.2) is 9.97 Å². The van der Waals surface area contributed by atoms with E-state index in [1.54, 1.807) is 0 Å². The van der Waals surface area contributed by atoms with Crippen LogP contribution in [0.4, 0.5) is 0 Å². The largest absolute Gasteiger partial charge is 0.326 e. The second-order valence-electron chi connectivity index (χ2n) is 5.39. The van der Waals surface area contributed by atoms with Gasteiger partial charge in [-0.3, -0.25) is 0 Å². The van der Waals surface area contributed by atoms with Crippen LogP contribution in [-0.2, 0) is 12.0 Å². The highest BCUT2D eigenvalue weighted by molar-refractivity contribution is 5.33. The first-order chi connectivity index (χ1) is 8.96. The van der Waals surface area contributed by atoms with Gasteiger partial charge in [-0.1, -0.05) is 30.3 Å². The number of aromatic nitrogens is 2. The van der Waals surface area contributed by atoms with Crippen molar-refractivity contribution in [3.05, 3.63) is 58.7 Å². The van der Waals surface area contributed by atoms with Crippen LogP contribution in [0, 0.1) is 13.8 Å². The van der Waals surface area contributed by atoms with E-state index < -0.39 is 0 Å². The number of nitrogens with two attached hydrogens (primary N) is 1. The Morgan fingerprint density at radius 3 is 2.00 bits per heavy atom. The van der Waals surface area contributed by atoms with Gasteiger partial charge in [0.25, 0.3) is 0 Å². The molecule has 3 heteroatoms. The summed E-state index contributed by atoms with van der Waals surface area (Å²) in [5.41, 5.74) is 9.76. The molecule has 0 unspecified atom stereocenters. The van der Waals surface area contributed by atoms with Gasteiger partial charge in [-0.15, -0.1) is 0 Å². The monoisotopic (exact) mass is 255 g/mol. The van der Waals surface area contributed by atoms with Crippen molar-refractivity contribution in [2.75, 3.05) is 0 Å². The predicted molar refractivity (Wildman–Crippen MR) is 78.0 cm³/mol. The molecule has 0 radical (unpaired) electrons. The van der Waals surface area contributed by atoms with Gasteiger partial charge in [-0.25, -0.2) is 9.97 Å². The number of rotatable bonds is 3. The first-order valence-corrected chi connectivity index (χ1v) is 6.57. The molecule has 0 aliphatic carbocycles. The van der Waals surface area contributed by atoms with E-state index in [0.717, 1.165) is 22.8 Å². The molecule has 0 saturated heterocycles. The summed E-state index contributed by atoms with van der Waals surface area (Å²) in [4.78, 5) is 9.32. The van der Waals surface area contributed by atoms with E-state index in [0.29, 0.717) is 6.54 Å². The summed E-state index contributed by atoms with van der Waals surface area (Å²) < 4.78 is 0. The van der Waals surface area contributed by atoms with E-state index in [4.69, 9.17) is 5.73 Å². The fourth-order valence-electron chi connectivity index (χ4n) is 2.30. The molecule has 1 aromatic heterocycles.